The molecule has 28 heavy (non-hydrogen) atoms. The maximum absolute atomic E-state index is 6.03. The van der Waals surface area contributed by atoms with Gasteiger partial charge >= 0.3 is 0 Å². The lowest BCUT2D eigenvalue weighted by Gasteiger charge is -2.28. The average molecular weight is 412 g/mol. The number of rotatable bonds is 6. The molecule has 0 spiro atoms. The molecule has 3 aromatic heterocycles. The van der Waals surface area contributed by atoms with Gasteiger partial charge in [0.15, 0.2) is 5.11 Å². The second kappa shape index (κ2) is 8.29. The molecule has 1 aliphatic heterocycles. The van der Waals surface area contributed by atoms with E-state index in [9.17, 15) is 0 Å². The first kappa shape index (κ1) is 18.9. The minimum absolute atomic E-state index is 0.0218. The summed E-state index contributed by atoms with van der Waals surface area (Å²) in [6, 6.07) is 14.0. The van der Waals surface area contributed by atoms with Crippen molar-refractivity contribution in [2.45, 2.75) is 31.8 Å². The third kappa shape index (κ3) is 3.62. The van der Waals surface area contributed by atoms with E-state index in [0.717, 1.165) is 41.7 Å². The molecule has 1 aliphatic rings. The average Bonchev–Trinajstić information content (AvgIpc) is 3.32. The van der Waals surface area contributed by atoms with Gasteiger partial charge in [0.1, 0.15) is 5.82 Å². The van der Waals surface area contributed by atoms with Crippen LogP contribution in [0.4, 0.5) is 0 Å². The van der Waals surface area contributed by atoms with Crippen LogP contribution in [0, 0.1) is 0 Å². The van der Waals surface area contributed by atoms with Crippen molar-refractivity contribution in [3.05, 3.63) is 77.5 Å². The third-order valence-corrected chi connectivity index (χ3v) is 5.57. The van der Waals surface area contributed by atoms with E-state index in [2.05, 4.69) is 37.7 Å². The quantitative estimate of drug-likeness (QED) is 0.596. The molecule has 0 aliphatic carbocycles. The summed E-state index contributed by atoms with van der Waals surface area (Å²) >= 11 is 11.7. The van der Waals surface area contributed by atoms with Gasteiger partial charge in [-0.25, -0.2) is 4.98 Å². The Hall–Kier alpha value is -2.44. The van der Waals surface area contributed by atoms with Gasteiger partial charge in [-0.2, -0.15) is 0 Å². The number of thiocarbonyl (C=S) groups is 1. The van der Waals surface area contributed by atoms with Crippen LogP contribution in [0.15, 0.2) is 61.1 Å². The molecule has 1 fully saturated rings. The van der Waals surface area contributed by atoms with Gasteiger partial charge in [0.05, 0.1) is 22.8 Å². The molecule has 1 N–H and O–H groups in total. The van der Waals surface area contributed by atoms with Crippen LogP contribution >= 0.6 is 23.8 Å². The van der Waals surface area contributed by atoms with Gasteiger partial charge in [-0.3, -0.25) is 4.98 Å². The number of pyridine rings is 2. The number of hydrogen-bond acceptors (Lipinski definition) is 3. The molecule has 0 radical (unpaired) electrons. The van der Waals surface area contributed by atoms with Crippen molar-refractivity contribution in [1.29, 1.82) is 0 Å². The first-order chi connectivity index (χ1) is 13.7. The Bertz CT molecular complexity index is 941. The summed E-state index contributed by atoms with van der Waals surface area (Å²) in [6.07, 6.45) is 7.71. The Kier molecular flexibility index (Phi) is 5.59. The zero-order valence-electron chi connectivity index (χ0n) is 15.6. The van der Waals surface area contributed by atoms with Crippen molar-refractivity contribution in [3.63, 3.8) is 0 Å². The fraction of sp³-hybridized carbons (Fsp3) is 0.286. The Morgan fingerprint density at radius 2 is 2.04 bits per heavy atom. The van der Waals surface area contributed by atoms with Gasteiger partial charge < -0.3 is 14.8 Å². The van der Waals surface area contributed by atoms with Crippen molar-refractivity contribution >= 4 is 28.9 Å². The predicted octanol–water partition coefficient (Wildman–Crippen LogP) is 4.69. The molecule has 4 rings (SSSR count). The lowest BCUT2D eigenvalue weighted by Crippen LogP contribution is -2.31. The number of aromatic nitrogens is 3. The fourth-order valence-electron chi connectivity index (χ4n) is 3.65. The summed E-state index contributed by atoms with van der Waals surface area (Å²) in [5.74, 6) is 0.831. The SMILES string of the molecule is CCCCN1C(=S)N[C@H](c2ccccn2)[C@H]1c1cccn1-c1ccc(Cl)cn1. The summed E-state index contributed by atoms with van der Waals surface area (Å²) in [5.41, 5.74) is 2.10. The van der Waals surface area contributed by atoms with Crippen molar-refractivity contribution in [2.75, 3.05) is 6.54 Å². The number of nitrogens with zero attached hydrogens (tertiary/aromatic N) is 4. The standard InChI is InChI=1S/C21H22ClN5S/c1-2-3-12-27-20(19(25-21(27)28)16-7-4-5-11-23-16)17-8-6-13-26(17)18-10-9-15(22)14-24-18/h4-11,13-14,19-20H,2-3,12H2,1H3,(H,25,28)/t19-,20-/m1/s1. The maximum atomic E-state index is 6.03. The largest absolute Gasteiger partial charge is 0.352 e. The predicted molar refractivity (Wildman–Crippen MR) is 116 cm³/mol. The summed E-state index contributed by atoms with van der Waals surface area (Å²) in [4.78, 5) is 11.4. The molecule has 0 bridgehead atoms. The fourth-order valence-corrected chi connectivity index (χ4v) is 4.09. The van der Waals surface area contributed by atoms with Crippen LogP contribution < -0.4 is 5.32 Å². The van der Waals surface area contributed by atoms with E-state index < -0.39 is 0 Å². The summed E-state index contributed by atoms with van der Waals surface area (Å²) in [7, 11) is 0. The minimum atomic E-state index is -0.0218. The van der Waals surface area contributed by atoms with Crippen molar-refractivity contribution in [1.82, 2.24) is 24.8 Å². The molecular weight excluding hydrogens is 390 g/mol. The summed E-state index contributed by atoms with van der Waals surface area (Å²) < 4.78 is 2.10. The van der Waals surface area contributed by atoms with Gasteiger partial charge in [-0.15, -0.1) is 0 Å². The van der Waals surface area contributed by atoms with Gasteiger partial charge in [0.2, 0.25) is 0 Å². The molecule has 0 saturated carbocycles. The Balaban J connectivity index is 1.78. The summed E-state index contributed by atoms with van der Waals surface area (Å²) in [5, 5.41) is 4.89. The normalized spacial score (nSPS) is 19.1. The second-order valence-electron chi connectivity index (χ2n) is 6.81. The van der Waals surface area contributed by atoms with Crippen LogP contribution in [-0.4, -0.2) is 31.1 Å². The van der Waals surface area contributed by atoms with E-state index in [0.29, 0.717) is 5.02 Å². The molecule has 5 nitrogen and oxygen atoms in total. The Labute approximate surface area is 175 Å². The van der Waals surface area contributed by atoms with E-state index in [-0.39, 0.29) is 12.1 Å². The molecule has 0 amide bonds. The lowest BCUT2D eigenvalue weighted by atomic mass is 10.0. The van der Waals surface area contributed by atoms with Crippen molar-refractivity contribution in [3.8, 4) is 5.82 Å². The molecule has 0 unspecified atom stereocenters. The molecule has 7 heteroatoms. The van der Waals surface area contributed by atoms with Crippen molar-refractivity contribution in [2.24, 2.45) is 0 Å². The number of nitrogens with one attached hydrogen (secondary N) is 1. The Morgan fingerprint density at radius 3 is 2.75 bits per heavy atom. The molecule has 1 saturated heterocycles. The van der Waals surface area contributed by atoms with E-state index in [1.165, 1.54) is 0 Å². The van der Waals surface area contributed by atoms with Crippen LogP contribution in [0.3, 0.4) is 0 Å². The molecule has 144 valence electrons. The number of hydrogen-bond donors (Lipinski definition) is 1. The zero-order valence-corrected chi connectivity index (χ0v) is 17.2. The first-order valence-electron chi connectivity index (χ1n) is 9.46. The number of halogens is 1. The van der Waals surface area contributed by atoms with Gasteiger partial charge in [-0.1, -0.05) is 31.0 Å². The van der Waals surface area contributed by atoms with E-state index in [1.54, 1.807) is 6.20 Å². The van der Waals surface area contributed by atoms with Gasteiger partial charge in [0, 0.05) is 30.8 Å². The highest BCUT2D eigenvalue weighted by molar-refractivity contribution is 7.80. The Morgan fingerprint density at radius 1 is 1.14 bits per heavy atom. The van der Waals surface area contributed by atoms with Gasteiger partial charge in [0.25, 0.3) is 0 Å². The topological polar surface area (TPSA) is 46.0 Å². The highest BCUT2D eigenvalue weighted by Crippen LogP contribution is 2.39. The van der Waals surface area contributed by atoms with Gasteiger partial charge in [-0.05, 0) is 55.0 Å². The second-order valence-corrected chi connectivity index (χ2v) is 7.63. The first-order valence-corrected chi connectivity index (χ1v) is 10.2. The van der Waals surface area contributed by atoms with Crippen LogP contribution in [0.5, 0.6) is 0 Å². The molecular formula is C21H22ClN5S. The van der Waals surface area contributed by atoms with Crippen LogP contribution in [0.2, 0.25) is 5.02 Å². The minimum Gasteiger partial charge on any atom is -0.352 e. The van der Waals surface area contributed by atoms with Crippen LogP contribution in [0.1, 0.15) is 43.2 Å². The van der Waals surface area contributed by atoms with E-state index in [4.69, 9.17) is 23.8 Å². The smallest absolute Gasteiger partial charge is 0.170 e. The molecule has 3 aromatic rings. The zero-order chi connectivity index (χ0) is 19.5. The molecule has 4 heterocycles. The number of unbranched alkanes of at least 4 members (excludes halogenated alkanes) is 1. The third-order valence-electron chi connectivity index (χ3n) is 4.99. The molecule has 0 aromatic carbocycles. The van der Waals surface area contributed by atoms with Crippen LogP contribution in [-0.2, 0) is 0 Å². The lowest BCUT2D eigenvalue weighted by molar-refractivity contribution is 0.304. The monoisotopic (exact) mass is 411 g/mol. The van der Waals surface area contributed by atoms with Crippen LogP contribution in [0.25, 0.3) is 5.82 Å². The van der Waals surface area contributed by atoms with Crippen molar-refractivity contribution < 1.29 is 0 Å². The van der Waals surface area contributed by atoms with E-state index >= 15 is 0 Å². The molecule has 2 atom stereocenters. The van der Waals surface area contributed by atoms with E-state index in [1.807, 2.05) is 48.8 Å². The summed E-state index contributed by atoms with van der Waals surface area (Å²) in [6.45, 7) is 3.09. The highest BCUT2D eigenvalue weighted by atomic mass is 35.5. The maximum Gasteiger partial charge on any atom is 0.170 e. The highest BCUT2D eigenvalue weighted by Gasteiger charge is 2.40.